The zero-order valence-corrected chi connectivity index (χ0v) is 14.4. The lowest BCUT2D eigenvalue weighted by Crippen LogP contribution is -2.45. The third kappa shape index (κ3) is 4.32. The van der Waals surface area contributed by atoms with E-state index in [1.165, 1.54) is 5.56 Å². The van der Waals surface area contributed by atoms with Crippen LogP contribution in [0.25, 0.3) is 0 Å². The maximum atomic E-state index is 12.6. The second-order valence-corrected chi connectivity index (χ2v) is 6.02. The van der Waals surface area contributed by atoms with E-state index in [0.29, 0.717) is 13.1 Å². The Hall–Kier alpha value is -1.88. The van der Waals surface area contributed by atoms with Crippen molar-refractivity contribution in [2.75, 3.05) is 44.7 Å². The molecule has 0 bridgehead atoms. The van der Waals surface area contributed by atoms with Gasteiger partial charge in [-0.1, -0.05) is 18.2 Å². The van der Waals surface area contributed by atoms with Crippen LogP contribution in [0.1, 0.15) is 25.8 Å². The van der Waals surface area contributed by atoms with Gasteiger partial charge in [0.1, 0.15) is 0 Å². The van der Waals surface area contributed by atoms with Gasteiger partial charge in [0.15, 0.2) is 0 Å². The average molecular weight is 317 g/mol. The molecule has 0 saturated carbocycles. The number of amides is 2. The highest BCUT2D eigenvalue weighted by molar-refractivity contribution is 5.96. The first-order chi connectivity index (χ1) is 11.1. The Morgan fingerprint density at radius 3 is 2.52 bits per heavy atom. The summed E-state index contributed by atoms with van der Waals surface area (Å²) in [6.07, 6.45) is 2.01. The van der Waals surface area contributed by atoms with Crippen LogP contribution in [0.5, 0.6) is 0 Å². The van der Waals surface area contributed by atoms with E-state index in [1.54, 1.807) is 9.80 Å². The van der Waals surface area contributed by atoms with Gasteiger partial charge < -0.3 is 9.80 Å². The van der Waals surface area contributed by atoms with Crippen LogP contribution in [0.4, 0.5) is 5.69 Å². The highest BCUT2D eigenvalue weighted by Crippen LogP contribution is 2.26. The van der Waals surface area contributed by atoms with Gasteiger partial charge in [0, 0.05) is 25.3 Å². The van der Waals surface area contributed by atoms with Crippen LogP contribution in [-0.4, -0.2) is 61.4 Å². The maximum absolute atomic E-state index is 12.6. The topological polar surface area (TPSA) is 43.9 Å². The number of hydrogen-bond acceptors (Lipinski definition) is 3. The molecule has 0 aromatic heterocycles. The molecule has 1 aromatic carbocycles. The Balaban J connectivity index is 1.96. The molecule has 0 atom stereocenters. The summed E-state index contributed by atoms with van der Waals surface area (Å²) in [5.74, 6) is 0.136. The highest BCUT2D eigenvalue weighted by atomic mass is 16.2. The van der Waals surface area contributed by atoms with Crippen molar-refractivity contribution in [1.82, 2.24) is 9.80 Å². The molecule has 1 aliphatic rings. The van der Waals surface area contributed by atoms with Crippen molar-refractivity contribution in [2.24, 2.45) is 0 Å². The summed E-state index contributed by atoms with van der Waals surface area (Å²) in [5.41, 5.74) is 2.25. The van der Waals surface area contributed by atoms with Gasteiger partial charge in [-0.05, 0) is 45.4 Å². The molecule has 23 heavy (non-hydrogen) atoms. The average Bonchev–Trinajstić information content (AvgIpc) is 2.55. The van der Waals surface area contributed by atoms with Gasteiger partial charge in [-0.25, -0.2) is 0 Å². The number of likely N-dealkylation sites (N-methyl/N-ethyl adjacent to an activating group) is 2. The largest absolute Gasteiger partial charge is 0.342 e. The number of fused-ring (bicyclic) bond motifs is 1. The number of nitrogens with zero attached hydrogens (tertiary/aromatic N) is 3. The first-order valence-electron chi connectivity index (χ1n) is 8.41. The minimum absolute atomic E-state index is 0.0620. The molecule has 1 aliphatic heterocycles. The van der Waals surface area contributed by atoms with Gasteiger partial charge >= 0.3 is 0 Å². The van der Waals surface area contributed by atoms with Crippen LogP contribution in [0.2, 0.25) is 0 Å². The number of carbonyl (C=O) groups is 2. The molecular weight excluding hydrogens is 290 g/mol. The molecular formula is C18H27N3O2. The SMILES string of the molecule is CCN(CC)C(=O)CN(C)CC(=O)N1CCCc2ccccc21. The highest BCUT2D eigenvalue weighted by Gasteiger charge is 2.23. The summed E-state index contributed by atoms with van der Waals surface area (Å²) >= 11 is 0. The van der Waals surface area contributed by atoms with Crippen molar-refractivity contribution in [1.29, 1.82) is 0 Å². The second kappa shape index (κ2) is 8.11. The zero-order chi connectivity index (χ0) is 16.8. The van der Waals surface area contributed by atoms with Gasteiger partial charge in [-0.15, -0.1) is 0 Å². The van der Waals surface area contributed by atoms with E-state index >= 15 is 0 Å². The van der Waals surface area contributed by atoms with Crippen molar-refractivity contribution in [3.63, 3.8) is 0 Å². The molecule has 0 N–H and O–H groups in total. The number of benzene rings is 1. The van der Waals surface area contributed by atoms with Crippen LogP contribution in [-0.2, 0) is 16.0 Å². The van der Waals surface area contributed by atoms with E-state index in [-0.39, 0.29) is 24.9 Å². The first-order valence-corrected chi connectivity index (χ1v) is 8.41. The Labute approximate surface area is 138 Å². The molecule has 126 valence electrons. The van der Waals surface area contributed by atoms with E-state index in [4.69, 9.17) is 0 Å². The van der Waals surface area contributed by atoms with Gasteiger partial charge in [0.2, 0.25) is 11.8 Å². The van der Waals surface area contributed by atoms with E-state index < -0.39 is 0 Å². The molecule has 5 heteroatoms. The van der Waals surface area contributed by atoms with Gasteiger partial charge in [-0.2, -0.15) is 0 Å². The quantitative estimate of drug-likeness (QED) is 0.803. The molecule has 0 radical (unpaired) electrons. The molecule has 0 aliphatic carbocycles. The van der Waals surface area contributed by atoms with E-state index in [9.17, 15) is 9.59 Å². The van der Waals surface area contributed by atoms with Crippen LogP contribution in [0, 0.1) is 0 Å². The van der Waals surface area contributed by atoms with Crippen LogP contribution < -0.4 is 4.90 Å². The standard InChI is InChI=1S/C18H27N3O2/c1-4-20(5-2)17(22)13-19(3)14-18(23)21-12-8-10-15-9-6-7-11-16(15)21/h6-7,9,11H,4-5,8,10,12-14H2,1-3H3. The fourth-order valence-electron chi connectivity index (χ4n) is 3.07. The van der Waals surface area contributed by atoms with E-state index in [2.05, 4.69) is 6.07 Å². The molecule has 2 rings (SSSR count). The molecule has 0 saturated heterocycles. The summed E-state index contributed by atoms with van der Waals surface area (Å²) in [4.78, 5) is 30.2. The van der Waals surface area contributed by atoms with Crippen LogP contribution in [0.3, 0.4) is 0 Å². The fraction of sp³-hybridized carbons (Fsp3) is 0.556. The number of para-hydroxylation sites is 1. The lowest BCUT2D eigenvalue weighted by Gasteiger charge is -2.31. The first kappa shape index (κ1) is 17.5. The van der Waals surface area contributed by atoms with Crippen molar-refractivity contribution in [3.8, 4) is 0 Å². The lowest BCUT2D eigenvalue weighted by molar-refractivity contribution is -0.132. The number of rotatable bonds is 6. The molecule has 1 aromatic rings. The summed E-state index contributed by atoms with van der Waals surface area (Å²) in [6.45, 7) is 6.65. The summed E-state index contributed by atoms with van der Waals surface area (Å²) < 4.78 is 0. The number of aryl methyl sites for hydroxylation is 1. The Morgan fingerprint density at radius 2 is 1.83 bits per heavy atom. The Bertz CT molecular complexity index is 555. The molecule has 0 fully saturated rings. The third-order valence-electron chi connectivity index (χ3n) is 4.34. The van der Waals surface area contributed by atoms with Gasteiger partial charge in [-0.3, -0.25) is 14.5 Å². The lowest BCUT2D eigenvalue weighted by atomic mass is 10.0. The third-order valence-corrected chi connectivity index (χ3v) is 4.34. The van der Waals surface area contributed by atoms with Crippen molar-refractivity contribution in [2.45, 2.75) is 26.7 Å². The number of anilines is 1. The second-order valence-electron chi connectivity index (χ2n) is 6.02. The number of hydrogen-bond donors (Lipinski definition) is 0. The molecule has 0 unspecified atom stereocenters. The van der Waals surface area contributed by atoms with Gasteiger partial charge in [0.05, 0.1) is 13.1 Å². The monoisotopic (exact) mass is 317 g/mol. The summed E-state index contributed by atoms with van der Waals surface area (Å²) in [5, 5.41) is 0. The Morgan fingerprint density at radius 1 is 1.13 bits per heavy atom. The predicted octanol–water partition coefficient (Wildman–Crippen LogP) is 1.77. The van der Waals surface area contributed by atoms with Crippen molar-refractivity contribution in [3.05, 3.63) is 29.8 Å². The van der Waals surface area contributed by atoms with Crippen LogP contribution in [0.15, 0.2) is 24.3 Å². The minimum atomic E-state index is 0.0620. The maximum Gasteiger partial charge on any atom is 0.241 e. The molecule has 5 nitrogen and oxygen atoms in total. The minimum Gasteiger partial charge on any atom is -0.342 e. The molecule has 1 heterocycles. The van der Waals surface area contributed by atoms with E-state index in [0.717, 1.165) is 25.1 Å². The number of carbonyl (C=O) groups excluding carboxylic acids is 2. The molecule has 2 amide bonds. The van der Waals surface area contributed by atoms with E-state index in [1.807, 2.05) is 44.0 Å². The zero-order valence-electron chi connectivity index (χ0n) is 14.4. The normalized spacial score (nSPS) is 13.8. The fourth-order valence-corrected chi connectivity index (χ4v) is 3.07. The summed E-state index contributed by atoms with van der Waals surface area (Å²) in [6, 6.07) is 8.08. The van der Waals surface area contributed by atoms with Crippen molar-refractivity contribution >= 4 is 17.5 Å². The molecule has 0 spiro atoms. The van der Waals surface area contributed by atoms with Crippen molar-refractivity contribution < 1.29 is 9.59 Å². The van der Waals surface area contributed by atoms with Crippen LogP contribution >= 0.6 is 0 Å². The summed E-state index contributed by atoms with van der Waals surface area (Å²) in [7, 11) is 1.83. The predicted molar refractivity (Wildman–Crippen MR) is 92.5 cm³/mol. The van der Waals surface area contributed by atoms with Gasteiger partial charge in [0.25, 0.3) is 0 Å². The smallest absolute Gasteiger partial charge is 0.241 e. The Kier molecular flexibility index (Phi) is 6.16.